The maximum atomic E-state index is 6.12. The first-order valence-electron chi connectivity index (χ1n) is 8.92. The highest BCUT2D eigenvalue weighted by Gasteiger charge is 2.18. The van der Waals surface area contributed by atoms with E-state index in [9.17, 15) is 0 Å². The van der Waals surface area contributed by atoms with Gasteiger partial charge in [-0.05, 0) is 23.8 Å². The van der Waals surface area contributed by atoms with E-state index in [4.69, 9.17) is 4.42 Å². The second-order valence-corrected chi connectivity index (χ2v) is 7.74. The van der Waals surface area contributed by atoms with Gasteiger partial charge in [-0.15, -0.1) is 0 Å². The Morgan fingerprint density at radius 3 is 2.30 bits per heavy atom. The lowest BCUT2D eigenvalue weighted by Gasteiger charge is -2.05. The molecule has 0 unspecified atom stereocenters. The zero-order valence-corrected chi connectivity index (χ0v) is 16.5. The molecule has 0 bridgehead atoms. The van der Waals surface area contributed by atoms with E-state index >= 15 is 0 Å². The molecule has 3 heteroatoms. The third-order valence-electron chi connectivity index (χ3n) is 5.32. The molecule has 0 aliphatic carbocycles. The standard InChI is InChI=1S/C24H14INO/c25-26-19-13-14-21-23(17-9-4-5-12-20(17)27-21)22(19)18-11-6-10-16(24(18)26)15-7-2-1-3-8-15/h1-14H. The fourth-order valence-corrected chi connectivity index (χ4v) is 5.09. The normalized spacial score (nSPS) is 11.9. The lowest BCUT2D eigenvalue weighted by Crippen LogP contribution is -1.83. The molecule has 2 nitrogen and oxygen atoms in total. The summed E-state index contributed by atoms with van der Waals surface area (Å²) in [6.07, 6.45) is 0. The Morgan fingerprint density at radius 1 is 0.630 bits per heavy atom. The van der Waals surface area contributed by atoms with Gasteiger partial charge in [0, 0.05) is 27.1 Å². The quantitative estimate of drug-likeness (QED) is 0.232. The van der Waals surface area contributed by atoms with Gasteiger partial charge < -0.3 is 4.42 Å². The highest BCUT2D eigenvalue weighted by atomic mass is 127. The molecule has 4 aromatic carbocycles. The Kier molecular flexibility index (Phi) is 3.17. The first-order valence-corrected chi connectivity index (χ1v) is 9.88. The maximum Gasteiger partial charge on any atom is 0.136 e. The fourth-order valence-electron chi connectivity index (χ4n) is 4.17. The van der Waals surface area contributed by atoms with E-state index < -0.39 is 0 Å². The molecule has 2 heterocycles. The van der Waals surface area contributed by atoms with Gasteiger partial charge in [-0.3, -0.25) is 2.78 Å². The van der Waals surface area contributed by atoms with Crippen LogP contribution in [0, 0.1) is 0 Å². The number of rotatable bonds is 1. The van der Waals surface area contributed by atoms with Crippen molar-refractivity contribution in [3.8, 4) is 11.1 Å². The van der Waals surface area contributed by atoms with Crippen molar-refractivity contribution < 1.29 is 4.42 Å². The van der Waals surface area contributed by atoms with E-state index in [0.717, 1.165) is 11.2 Å². The summed E-state index contributed by atoms with van der Waals surface area (Å²) in [6, 6.07) is 29.7. The van der Waals surface area contributed by atoms with E-state index in [1.54, 1.807) is 0 Å². The van der Waals surface area contributed by atoms with Gasteiger partial charge in [0.2, 0.25) is 0 Å². The van der Waals surface area contributed by atoms with Crippen LogP contribution in [0.4, 0.5) is 0 Å². The van der Waals surface area contributed by atoms with Crippen molar-refractivity contribution in [2.45, 2.75) is 0 Å². The lowest BCUT2D eigenvalue weighted by atomic mass is 10.0. The van der Waals surface area contributed by atoms with Gasteiger partial charge in [0.25, 0.3) is 0 Å². The maximum absolute atomic E-state index is 6.12. The number of nitrogens with zero attached hydrogens (tertiary/aromatic N) is 1. The molecule has 0 saturated carbocycles. The van der Waals surface area contributed by atoms with Crippen LogP contribution >= 0.6 is 22.9 Å². The lowest BCUT2D eigenvalue weighted by molar-refractivity contribution is 0.669. The first-order chi connectivity index (χ1) is 13.3. The summed E-state index contributed by atoms with van der Waals surface area (Å²) in [4.78, 5) is 0. The average Bonchev–Trinajstić information content (AvgIpc) is 3.24. The molecule has 0 aliphatic heterocycles. The molecule has 0 saturated heterocycles. The zero-order valence-electron chi connectivity index (χ0n) is 14.3. The van der Waals surface area contributed by atoms with Crippen molar-refractivity contribution in [3.63, 3.8) is 0 Å². The molecule has 0 atom stereocenters. The van der Waals surface area contributed by atoms with Gasteiger partial charge >= 0.3 is 0 Å². The Labute approximate surface area is 169 Å². The second kappa shape index (κ2) is 5.60. The van der Waals surface area contributed by atoms with Gasteiger partial charge in [0.05, 0.1) is 33.9 Å². The van der Waals surface area contributed by atoms with Gasteiger partial charge in [-0.2, -0.15) is 0 Å². The topological polar surface area (TPSA) is 18.1 Å². The SMILES string of the molecule is In1c2ccc3oc4ccccc4c3c2c2cccc(-c3ccccc3)c21. The molecule has 27 heavy (non-hydrogen) atoms. The molecule has 0 fully saturated rings. The summed E-state index contributed by atoms with van der Waals surface area (Å²) >= 11 is 2.42. The van der Waals surface area contributed by atoms with Crippen LogP contribution in [0.5, 0.6) is 0 Å². The number of halogens is 1. The minimum atomic E-state index is 0.938. The van der Waals surface area contributed by atoms with Crippen LogP contribution in [0.25, 0.3) is 54.9 Å². The Hall–Kier alpha value is -2.79. The third-order valence-corrected chi connectivity index (χ3v) is 6.32. The van der Waals surface area contributed by atoms with Gasteiger partial charge in [0.1, 0.15) is 11.2 Å². The van der Waals surface area contributed by atoms with Crippen molar-refractivity contribution in [1.82, 2.24) is 2.78 Å². The van der Waals surface area contributed by atoms with E-state index in [0.29, 0.717) is 0 Å². The average molecular weight is 459 g/mol. The number of hydrogen-bond donors (Lipinski definition) is 0. The molecule has 0 aliphatic rings. The molecule has 6 aromatic rings. The van der Waals surface area contributed by atoms with Gasteiger partial charge in [0.15, 0.2) is 0 Å². The monoisotopic (exact) mass is 459 g/mol. The largest absolute Gasteiger partial charge is 0.456 e. The summed E-state index contributed by atoms with van der Waals surface area (Å²) in [7, 11) is 0. The van der Waals surface area contributed by atoms with Crippen LogP contribution in [0.15, 0.2) is 89.3 Å². The van der Waals surface area contributed by atoms with Gasteiger partial charge in [-0.1, -0.05) is 66.7 Å². The predicted molar refractivity (Wildman–Crippen MR) is 122 cm³/mol. The van der Waals surface area contributed by atoms with E-state index in [2.05, 4.69) is 98.4 Å². The molecular formula is C24H14INO. The van der Waals surface area contributed by atoms with E-state index in [-0.39, 0.29) is 0 Å². The molecule has 0 N–H and O–H groups in total. The van der Waals surface area contributed by atoms with E-state index in [1.807, 2.05) is 12.1 Å². The molecule has 6 rings (SSSR count). The van der Waals surface area contributed by atoms with Crippen LogP contribution in [-0.2, 0) is 0 Å². The van der Waals surface area contributed by atoms with Crippen molar-refractivity contribution >= 4 is 66.6 Å². The highest BCUT2D eigenvalue weighted by Crippen LogP contribution is 2.43. The highest BCUT2D eigenvalue weighted by molar-refractivity contribution is 14.1. The van der Waals surface area contributed by atoms with Crippen molar-refractivity contribution in [1.29, 1.82) is 0 Å². The van der Waals surface area contributed by atoms with Crippen molar-refractivity contribution in [2.24, 2.45) is 0 Å². The summed E-state index contributed by atoms with van der Waals surface area (Å²) < 4.78 is 8.41. The van der Waals surface area contributed by atoms with Crippen LogP contribution < -0.4 is 0 Å². The second-order valence-electron chi connectivity index (χ2n) is 6.78. The molecule has 0 amide bonds. The minimum absolute atomic E-state index is 0.938. The van der Waals surface area contributed by atoms with Crippen molar-refractivity contribution in [2.75, 3.05) is 0 Å². The summed E-state index contributed by atoms with van der Waals surface area (Å²) in [5.74, 6) is 0. The van der Waals surface area contributed by atoms with E-state index in [1.165, 1.54) is 43.7 Å². The zero-order chi connectivity index (χ0) is 18.0. The van der Waals surface area contributed by atoms with Crippen LogP contribution in [0.3, 0.4) is 0 Å². The number of aromatic nitrogens is 1. The molecular weight excluding hydrogens is 445 g/mol. The van der Waals surface area contributed by atoms with Crippen molar-refractivity contribution in [3.05, 3.63) is 84.9 Å². The third kappa shape index (κ3) is 2.06. The predicted octanol–water partition coefficient (Wildman–Crippen LogP) is 7.56. The Balaban J connectivity index is 1.87. The van der Waals surface area contributed by atoms with Crippen LogP contribution in [0.1, 0.15) is 0 Å². The number of fused-ring (bicyclic) bond motifs is 7. The Bertz CT molecular complexity index is 1470. The summed E-state index contributed by atoms with van der Waals surface area (Å²) in [6.45, 7) is 0. The van der Waals surface area contributed by atoms with Crippen LogP contribution in [-0.4, -0.2) is 2.78 Å². The first kappa shape index (κ1) is 15.3. The molecule has 128 valence electrons. The van der Waals surface area contributed by atoms with Gasteiger partial charge in [-0.25, -0.2) is 0 Å². The smallest absolute Gasteiger partial charge is 0.136 e. The molecule has 0 spiro atoms. The number of benzene rings is 4. The summed E-state index contributed by atoms with van der Waals surface area (Å²) in [5, 5.41) is 4.90. The number of furan rings is 1. The van der Waals surface area contributed by atoms with Crippen LogP contribution in [0.2, 0.25) is 0 Å². The Morgan fingerprint density at radius 2 is 1.41 bits per heavy atom. The molecule has 2 aromatic heterocycles. The summed E-state index contributed by atoms with van der Waals surface area (Å²) in [5.41, 5.74) is 6.83. The fraction of sp³-hybridized carbons (Fsp3) is 0. The number of para-hydroxylation sites is 2. The minimum Gasteiger partial charge on any atom is -0.456 e. The number of hydrogen-bond acceptors (Lipinski definition) is 1. The molecule has 0 radical (unpaired) electrons.